The number of rotatable bonds is 5. The molecular weight excluding hydrogens is 486 g/mol. The monoisotopic (exact) mass is 513 g/mol. The molecule has 2 aromatic carbocycles. The molecule has 0 spiro atoms. The van der Waals surface area contributed by atoms with Gasteiger partial charge in [0, 0.05) is 54.2 Å². The summed E-state index contributed by atoms with van der Waals surface area (Å²) in [5.74, 6) is 0.314. The minimum Gasteiger partial charge on any atom is -0.357 e. The zero-order valence-electron chi connectivity index (χ0n) is 19.3. The maximum absolute atomic E-state index is 13.2. The summed E-state index contributed by atoms with van der Waals surface area (Å²) < 4.78 is 27.5. The fourth-order valence-corrected chi connectivity index (χ4v) is 6.27. The number of hydrogen-bond acceptors (Lipinski definition) is 4. The average Bonchev–Trinajstić information content (AvgIpc) is 3.30. The topological polar surface area (TPSA) is 101 Å². The summed E-state index contributed by atoms with van der Waals surface area (Å²) in [7, 11) is -3.83. The van der Waals surface area contributed by atoms with E-state index in [1.807, 2.05) is 24.3 Å². The van der Waals surface area contributed by atoms with Gasteiger partial charge in [-0.2, -0.15) is 4.31 Å². The molecule has 2 saturated heterocycles. The van der Waals surface area contributed by atoms with Gasteiger partial charge in [0.05, 0.1) is 6.54 Å². The maximum atomic E-state index is 13.2. The number of likely N-dealkylation sites (tertiary alicyclic amines) is 1. The summed E-state index contributed by atoms with van der Waals surface area (Å²) in [4.78, 5) is 19.6. The van der Waals surface area contributed by atoms with Crippen LogP contribution in [0.4, 0.5) is 0 Å². The van der Waals surface area contributed by atoms with E-state index in [0.29, 0.717) is 29.5 Å². The fourth-order valence-electron chi connectivity index (χ4n) is 4.70. The molecule has 2 aliphatic heterocycles. The summed E-state index contributed by atoms with van der Waals surface area (Å²) in [5, 5.41) is 9.79. The smallest absolute Gasteiger partial charge is 0.259 e. The molecule has 0 unspecified atom stereocenters. The van der Waals surface area contributed by atoms with Gasteiger partial charge in [-0.15, -0.1) is 0 Å². The molecule has 10 heteroatoms. The molecule has 35 heavy (non-hydrogen) atoms. The summed E-state index contributed by atoms with van der Waals surface area (Å²) >= 11 is 6.01. The number of carbonyl (C=O) groups excluding carboxylic acids is 1. The van der Waals surface area contributed by atoms with Crippen LogP contribution < -0.4 is 0 Å². The van der Waals surface area contributed by atoms with Gasteiger partial charge < -0.3 is 14.8 Å². The van der Waals surface area contributed by atoms with E-state index < -0.39 is 10.0 Å². The van der Waals surface area contributed by atoms with Crippen molar-refractivity contribution in [2.45, 2.75) is 30.8 Å². The molecule has 1 aromatic heterocycles. The highest BCUT2D eigenvalue weighted by Crippen LogP contribution is 2.25. The molecule has 0 saturated carbocycles. The zero-order chi connectivity index (χ0) is 24.6. The number of amides is 1. The number of nitrogens with zero attached hydrogens (tertiary/aromatic N) is 3. The van der Waals surface area contributed by atoms with Gasteiger partial charge in [0.15, 0.2) is 0 Å². The molecule has 3 heterocycles. The van der Waals surface area contributed by atoms with E-state index in [2.05, 4.69) is 9.88 Å². The summed E-state index contributed by atoms with van der Waals surface area (Å²) in [5.41, 5.74) is 2.47. The summed E-state index contributed by atoms with van der Waals surface area (Å²) in [6, 6.07) is 14.5. The van der Waals surface area contributed by atoms with Gasteiger partial charge in [-0.25, -0.2) is 8.42 Å². The fraction of sp³-hybridized carbons (Fsp3) is 0.360. The molecular formula is C25H28ClN5O3S. The molecule has 0 aliphatic carbocycles. The molecule has 3 aromatic rings. The number of fused-ring (bicyclic) bond motifs is 1. The molecule has 0 radical (unpaired) electrons. The van der Waals surface area contributed by atoms with Crippen LogP contribution in [0.1, 0.15) is 30.4 Å². The van der Waals surface area contributed by atoms with E-state index in [9.17, 15) is 13.2 Å². The molecule has 0 atom stereocenters. The molecule has 2 aliphatic rings. The Morgan fingerprint density at radius 1 is 0.971 bits per heavy atom. The number of halogens is 1. The number of benzene rings is 2. The quantitative estimate of drug-likeness (QED) is 0.401. The van der Waals surface area contributed by atoms with Crippen LogP contribution in [0.2, 0.25) is 5.02 Å². The van der Waals surface area contributed by atoms with Gasteiger partial charge in [0.2, 0.25) is 5.91 Å². The highest BCUT2D eigenvalue weighted by Gasteiger charge is 2.33. The minimum atomic E-state index is -3.83. The number of aromatic amines is 1. The van der Waals surface area contributed by atoms with Gasteiger partial charge in [0.25, 0.3) is 10.0 Å². The van der Waals surface area contributed by atoms with Crippen molar-refractivity contribution < 1.29 is 13.2 Å². The van der Waals surface area contributed by atoms with Crippen molar-refractivity contribution in [3.8, 4) is 0 Å². The summed E-state index contributed by atoms with van der Waals surface area (Å²) in [6.07, 6.45) is 3.47. The molecule has 1 amide bonds. The van der Waals surface area contributed by atoms with Crippen molar-refractivity contribution in [1.29, 1.82) is 5.41 Å². The predicted molar refractivity (Wildman–Crippen MR) is 136 cm³/mol. The molecule has 2 N–H and O–H groups in total. The first-order chi connectivity index (χ1) is 16.8. The third kappa shape index (κ3) is 4.94. The van der Waals surface area contributed by atoms with Crippen LogP contribution in [-0.2, 0) is 21.4 Å². The standard InChI is InChI=1S/C25H28ClN5O3S/c26-21-9-8-20-14-23(28-22(20)15-21)35(33,34)31-13-12-30(24(32)17-31)16-18-4-6-19(7-5-18)25(27)29-10-2-1-3-11-29/h4-9,14-15,27-28H,1-3,10-13,16-17H2. The van der Waals surface area contributed by atoms with E-state index in [0.717, 1.165) is 42.4 Å². The van der Waals surface area contributed by atoms with E-state index in [4.69, 9.17) is 17.0 Å². The van der Waals surface area contributed by atoms with Crippen molar-refractivity contribution in [2.24, 2.45) is 0 Å². The Hall–Kier alpha value is -2.88. The lowest BCUT2D eigenvalue weighted by atomic mass is 10.1. The molecule has 184 valence electrons. The second-order valence-electron chi connectivity index (χ2n) is 9.11. The second kappa shape index (κ2) is 9.64. The van der Waals surface area contributed by atoms with Crippen LogP contribution in [0.25, 0.3) is 10.9 Å². The van der Waals surface area contributed by atoms with Crippen LogP contribution in [0.5, 0.6) is 0 Å². The van der Waals surface area contributed by atoms with Crippen molar-refractivity contribution in [2.75, 3.05) is 32.7 Å². The number of nitrogens with one attached hydrogen (secondary N) is 2. The number of hydrogen-bond donors (Lipinski definition) is 2. The normalized spacial score (nSPS) is 17.8. The number of amidine groups is 1. The Morgan fingerprint density at radius 2 is 1.71 bits per heavy atom. The first kappa shape index (κ1) is 23.8. The van der Waals surface area contributed by atoms with Crippen LogP contribution in [-0.4, -0.2) is 72.0 Å². The molecule has 0 bridgehead atoms. The van der Waals surface area contributed by atoms with Gasteiger partial charge in [-0.1, -0.05) is 41.9 Å². The maximum Gasteiger partial charge on any atom is 0.259 e. The van der Waals surface area contributed by atoms with Crippen LogP contribution in [0.15, 0.2) is 53.6 Å². The van der Waals surface area contributed by atoms with Gasteiger partial charge >= 0.3 is 0 Å². The van der Waals surface area contributed by atoms with E-state index in [-0.39, 0.29) is 24.0 Å². The largest absolute Gasteiger partial charge is 0.357 e. The van der Waals surface area contributed by atoms with Gasteiger partial charge in [-0.05, 0) is 43.0 Å². The first-order valence-electron chi connectivity index (χ1n) is 11.8. The van der Waals surface area contributed by atoms with E-state index >= 15 is 0 Å². The van der Waals surface area contributed by atoms with Crippen LogP contribution in [0, 0.1) is 5.41 Å². The van der Waals surface area contributed by atoms with Gasteiger partial charge in [0.1, 0.15) is 10.9 Å². The lowest BCUT2D eigenvalue weighted by Crippen LogP contribution is -2.51. The summed E-state index contributed by atoms with van der Waals surface area (Å²) in [6.45, 7) is 2.60. The zero-order valence-corrected chi connectivity index (χ0v) is 20.9. The van der Waals surface area contributed by atoms with Gasteiger partial charge in [-0.3, -0.25) is 10.2 Å². The van der Waals surface area contributed by atoms with Crippen LogP contribution in [0.3, 0.4) is 0 Å². The average molecular weight is 514 g/mol. The first-order valence-corrected chi connectivity index (χ1v) is 13.6. The number of piperidine rings is 1. The Labute approximate surface area is 210 Å². The van der Waals surface area contributed by atoms with E-state index in [1.54, 1.807) is 29.2 Å². The number of carbonyl (C=O) groups is 1. The lowest BCUT2D eigenvalue weighted by molar-refractivity contribution is -0.134. The van der Waals surface area contributed by atoms with E-state index in [1.165, 1.54) is 10.7 Å². The van der Waals surface area contributed by atoms with Crippen molar-refractivity contribution in [3.05, 3.63) is 64.7 Å². The Bertz CT molecular complexity index is 1360. The Kier molecular flexibility index (Phi) is 6.57. The van der Waals surface area contributed by atoms with Crippen molar-refractivity contribution >= 4 is 44.3 Å². The lowest BCUT2D eigenvalue weighted by Gasteiger charge is -2.33. The molecule has 2 fully saturated rings. The van der Waals surface area contributed by atoms with Crippen LogP contribution >= 0.6 is 11.6 Å². The third-order valence-electron chi connectivity index (χ3n) is 6.73. The highest BCUT2D eigenvalue weighted by atomic mass is 35.5. The number of piperazine rings is 1. The second-order valence-corrected chi connectivity index (χ2v) is 11.5. The number of aromatic nitrogens is 1. The highest BCUT2D eigenvalue weighted by molar-refractivity contribution is 7.89. The molecule has 5 rings (SSSR count). The SMILES string of the molecule is N=C(c1ccc(CN2CCN(S(=O)(=O)c3cc4ccc(Cl)cc4[nH]3)CC2=O)cc1)N1CCCCC1. The van der Waals surface area contributed by atoms with Crippen molar-refractivity contribution in [3.63, 3.8) is 0 Å². The third-order valence-corrected chi connectivity index (χ3v) is 8.74. The Balaban J connectivity index is 1.22. The minimum absolute atomic E-state index is 0.0581. The number of sulfonamides is 1. The Morgan fingerprint density at radius 3 is 2.43 bits per heavy atom. The number of H-pyrrole nitrogens is 1. The van der Waals surface area contributed by atoms with Crippen molar-refractivity contribution in [1.82, 2.24) is 19.1 Å². The molecule has 8 nitrogen and oxygen atoms in total. The predicted octanol–water partition coefficient (Wildman–Crippen LogP) is 3.67.